The maximum absolute atomic E-state index is 13.0. The second kappa shape index (κ2) is 6.32. The number of thioether (sulfide) groups is 1. The number of fused-ring (bicyclic) bond motifs is 1. The number of carbonyl (C=O) groups is 2. The van der Waals surface area contributed by atoms with Crippen molar-refractivity contribution in [2.24, 2.45) is 5.92 Å². The Labute approximate surface area is 134 Å². The van der Waals surface area contributed by atoms with E-state index in [1.165, 1.54) is 5.56 Å². The average Bonchev–Trinajstić information content (AvgIpc) is 3.35. The number of aliphatic carboxylic acids is 1. The normalized spacial score (nSPS) is 21.8. The van der Waals surface area contributed by atoms with E-state index in [2.05, 4.69) is 6.07 Å². The third-order valence-corrected chi connectivity index (χ3v) is 5.61. The van der Waals surface area contributed by atoms with Crippen LogP contribution in [0.2, 0.25) is 0 Å². The number of rotatable bonds is 5. The Morgan fingerprint density at radius 1 is 1.36 bits per heavy atom. The van der Waals surface area contributed by atoms with Crippen molar-refractivity contribution in [3.8, 4) is 0 Å². The van der Waals surface area contributed by atoms with Gasteiger partial charge in [0.05, 0.1) is 5.92 Å². The lowest BCUT2D eigenvalue weighted by atomic mass is 10.0. The molecule has 0 saturated heterocycles. The summed E-state index contributed by atoms with van der Waals surface area (Å²) < 4.78 is 0. The largest absolute Gasteiger partial charge is 0.481 e. The lowest BCUT2D eigenvalue weighted by molar-refractivity contribution is -0.143. The standard InChI is InChI=1S/C17H21NO3S/c1-11(17(20)21)10-18(13-6-7-13)16(19)15-14-5-3-2-4-12(14)8-9-22-15/h2-5,11,13,15H,6-10H2,1H3,(H,20,21)/t11-,15+/m0/s1. The maximum atomic E-state index is 13.0. The van der Waals surface area contributed by atoms with E-state index in [0.717, 1.165) is 30.6 Å². The summed E-state index contributed by atoms with van der Waals surface area (Å²) in [5, 5.41) is 8.97. The van der Waals surface area contributed by atoms with E-state index >= 15 is 0 Å². The van der Waals surface area contributed by atoms with E-state index in [1.54, 1.807) is 18.7 Å². The molecular weight excluding hydrogens is 298 g/mol. The van der Waals surface area contributed by atoms with Gasteiger partial charge in [0, 0.05) is 12.6 Å². The number of carbonyl (C=O) groups excluding carboxylic acids is 1. The number of aryl methyl sites for hydroxylation is 1. The molecule has 0 bridgehead atoms. The zero-order valence-corrected chi connectivity index (χ0v) is 13.5. The molecule has 1 aliphatic heterocycles. The van der Waals surface area contributed by atoms with Crippen LogP contribution in [0, 0.1) is 5.92 Å². The highest BCUT2D eigenvalue weighted by Gasteiger charge is 2.39. The van der Waals surface area contributed by atoms with Crippen LogP contribution in [0.3, 0.4) is 0 Å². The molecule has 4 nitrogen and oxygen atoms in total. The van der Waals surface area contributed by atoms with Gasteiger partial charge < -0.3 is 10.0 Å². The molecule has 0 spiro atoms. The summed E-state index contributed by atoms with van der Waals surface area (Å²) >= 11 is 1.68. The zero-order chi connectivity index (χ0) is 15.7. The minimum Gasteiger partial charge on any atom is -0.481 e. The summed E-state index contributed by atoms with van der Waals surface area (Å²) in [4.78, 5) is 26.0. The molecule has 0 radical (unpaired) electrons. The number of carboxylic acid groups (broad SMARTS) is 1. The van der Waals surface area contributed by atoms with Crippen molar-refractivity contribution < 1.29 is 14.7 Å². The Morgan fingerprint density at radius 2 is 2.09 bits per heavy atom. The van der Waals surface area contributed by atoms with E-state index < -0.39 is 11.9 Å². The summed E-state index contributed by atoms with van der Waals surface area (Å²) in [6.45, 7) is 1.99. The predicted molar refractivity (Wildman–Crippen MR) is 86.9 cm³/mol. The zero-order valence-electron chi connectivity index (χ0n) is 12.7. The Hall–Kier alpha value is -1.49. The molecule has 3 rings (SSSR count). The summed E-state index contributed by atoms with van der Waals surface area (Å²) in [7, 11) is 0. The van der Waals surface area contributed by atoms with E-state index in [1.807, 2.05) is 23.1 Å². The molecule has 1 N–H and O–H groups in total. The molecule has 1 saturated carbocycles. The highest BCUT2D eigenvalue weighted by Crippen LogP contribution is 2.40. The molecule has 1 aliphatic carbocycles. The van der Waals surface area contributed by atoms with Crippen LogP contribution in [0.25, 0.3) is 0 Å². The minimum absolute atomic E-state index is 0.0905. The fourth-order valence-corrected chi connectivity index (χ4v) is 4.19. The van der Waals surface area contributed by atoms with Gasteiger partial charge in [0.15, 0.2) is 0 Å². The van der Waals surface area contributed by atoms with Gasteiger partial charge in [-0.25, -0.2) is 0 Å². The number of benzene rings is 1. The van der Waals surface area contributed by atoms with Crippen LogP contribution in [0.15, 0.2) is 24.3 Å². The van der Waals surface area contributed by atoms with Gasteiger partial charge in [0.2, 0.25) is 5.91 Å². The van der Waals surface area contributed by atoms with E-state index in [-0.39, 0.29) is 17.2 Å². The van der Waals surface area contributed by atoms with Gasteiger partial charge in [-0.15, -0.1) is 11.8 Å². The molecular formula is C17H21NO3S. The lowest BCUT2D eigenvalue weighted by Crippen LogP contribution is -2.41. The molecule has 2 atom stereocenters. The van der Waals surface area contributed by atoms with Gasteiger partial charge in [-0.3, -0.25) is 9.59 Å². The molecule has 1 aromatic carbocycles. The molecule has 1 aromatic rings. The second-order valence-corrected chi connectivity index (χ2v) is 7.37. The van der Waals surface area contributed by atoms with E-state index in [0.29, 0.717) is 6.54 Å². The van der Waals surface area contributed by atoms with Crippen molar-refractivity contribution in [2.75, 3.05) is 12.3 Å². The first kappa shape index (κ1) is 15.4. The molecule has 2 aliphatic rings. The summed E-state index contributed by atoms with van der Waals surface area (Å²) in [5.41, 5.74) is 2.36. The third kappa shape index (κ3) is 3.14. The first-order valence-electron chi connectivity index (χ1n) is 7.80. The minimum atomic E-state index is -0.838. The quantitative estimate of drug-likeness (QED) is 0.906. The van der Waals surface area contributed by atoms with Gasteiger partial charge >= 0.3 is 5.97 Å². The highest BCUT2D eigenvalue weighted by molar-refractivity contribution is 8.00. The Balaban J connectivity index is 1.81. The van der Waals surface area contributed by atoms with E-state index in [9.17, 15) is 9.59 Å². The predicted octanol–water partition coefficient (Wildman–Crippen LogP) is 2.73. The van der Waals surface area contributed by atoms with Crippen LogP contribution in [-0.2, 0) is 16.0 Å². The first-order chi connectivity index (χ1) is 10.6. The summed E-state index contributed by atoms with van der Waals surface area (Å²) in [6.07, 6.45) is 2.99. The maximum Gasteiger partial charge on any atom is 0.308 e. The van der Waals surface area contributed by atoms with Gasteiger partial charge in [-0.05, 0) is 36.1 Å². The van der Waals surface area contributed by atoms with Crippen LogP contribution in [0.4, 0.5) is 0 Å². The van der Waals surface area contributed by atoms with Gasteiger partial charge in [-0.2, -0.15) is 0 Å². The van der Waals surface area contributed by atoms with Crippen LogP contribution in [0.1, 0.15) is 36.1 Å². The SMILES string of the molecule is C[C@@H](CN(C(=O)[C@@H]1SCCc2ccccc21)C1CC1)C(=O)O. The lowest BCUT2D eigenvalue weighted by Gasteiger charge is -2.31. The summed E-state index contributed by atoms with van der Waals surface area (Å²) in [6, 6.07) is 8.37. The van der Waals surface area contributed by atoms with Crippen molar-refractivity contribution in [2.45, 2.75) is 37.5 Å². The second-order valence-electron chi connectivity index (χ2n) is 6.16. The van der Waals surface area contributed by atoms with Crippen molar-refractivity contribution in [1.82, 2.24) is 4.90 Å². The van der Waals surface area contributed by atoms with Crippen LogP contribution in [-0.4, -0.2) is 40.2 Å². The van der Waals surface area contributed by atoms with Gasteiger partial charge in [-0.1, -0.05) is 31.2 Å². The Kier molecular flexibility index (Phi) is 4.43. The third-order valence-electron chi connectivity index (χ3n) is 4.38. The number of hydrogen-bond donors (Lipinski definition) is 1. The number of carboxylic acids is 1. The van der Waals surface area contributed by atoms with Crippen molar-refractivity contribution in [3.63, 3.8) is 0 Å². The Bertz CT molecular complexity index is 585. The molecule has 118 valence electrons. The molecule has 22 heavy (non-hydrogen) atoms. The monoisotopic (exact) mass is 319 g/mol. The fourth-order valence-electron chi connectivity index (χ4n) is 2.93. The number of amides is 1. The molecule has 1 fully saturated rings. The fraction of sp³-hybridized carbons (Fsp3) is 0.529. The van der Waals surface area contributed by atoms with Crippen molar-refractivity contribution >= 4 is 23.6 Å². The summed E-state index contributed by atoms with van der Waals surface area (Å²) in [5.74, 6) is -0.322. The number of nitrogens with zero attached hydrogens (tertiary/aromatic N) is 1. The van der Waals surface area contributed by atoms with Crippen molar-refractivity contribution in [1.29, 1.82) is 0 Å². The first-order valence-corrected chi connectivity index (χ1v) is 8.85. The van der Waals surface area contributed by atoms with Gasteiger partial charge in [0.25, 0.3) is 0 Å². The van der Waals surface area contributed by atoms with Crippen LogP contribution >= 0.6 is 11.8 Å². The molecule has 0 unspecified atom stereocenters. The molecule has 1 heterocycles. The van der Waals surface area contributed by atoms with Crippen LogP contribution < -0.4 is 0 Å². The van der Waals surface area contributed by atoms with Gasteiger partial charge in [0.1, 0.15) is 5.25 Å². The van der Waals surface area contributed by atoms with Crippen molar-refractivity contribution in [3.05, 3.63) is 35.4 Å². The highest BCUT2D eigenvalue weighted by atomic mass is 32.2. The number of hydrogen-bond acceptors (Lipinski definition) is 3. The molecule has 5 heteroatoms. The average molecular weight is 319 g/mol. The smallest absolute Gasteiger partial charge is 0.308 e. The van der Waals surface area contributed by atoms with E-state index in [4.69, 9.17) is 5.11 Å². The molecule has 0 aromatic heterocycles. The Morgan fingerprint density at radius 3 is 2.77 bits per heavy atom. The molecule has 1 amide bonds. The topological polar surface area (TPSA) is 57.6 Å². The van der Waals surface area contributed by atoms with Crippen LogP contribution in [0.5, 0.6) is 0 Å².